The quantitative estimate of drug-likeness (QED) is 0.815. The number of halogens is 1. The molecular formula is C14H14FN3O. The topological polar surface area (TPSA) is 68.0 Å². The number of amides is 1. The van der Waals surface area contributed by atoms with Crippen LogP contribution in [0.5, 0.6) is 0 Å². The second kappa shape index (κ2) is 5.06. The maximum atomic E-state index is 13.2. The van der Waals surface area contributed by atoms with Crippen LogP contribution in [0.1, 0.15) is 21.7 Å². The Kier molecular flexibility index (Phi) is 3.46. The molecule has 1 heterocycles. The second-order valence-corrected chi connectivity index (χ2v) is 4.31. The number of carbonyl (C=O) groups excluding carboxylic acids is 1. The van der Waals surface area contributed by atoms with Crippen LogP contribution in [0, 0.1) is 19.7 Å². The average Bonchev–Trinajstić information content (AvgIpc) is 2.26. The molecule has 0 aliphatic carbocycles. The molecule has 0 unspecified atom stereocenters. The maximum Gasteiger partial charge on any atom is 0.257 e. The third-order valence-electron chi connectivity index (χ3n) is 2.65. The molecule has 1 amide bonds. The number of anilines is 2. The number of hydrogen-bond donors (Lipinski definition) is 2. The summed E-state index contributed by atoms with van der Waals surface area (Å²) < 4.78 is 13.2. The fourth-order valence-electron chi connectivity index (χ4n) is 1.81. The summed E-state index contributed by atoms with van der Waals surface area (Å²) >= 11 is 0. The molecule has 1 aromatic carbocycles. The summed E-state index contributed by atoms with van der Waals surface area (Å²) in [5.74, 6) is -0.830. The third-order valence-corrected chi connectivity index (χ3v) is 2.65. The van der Waals surface area contributed by atoms with Gasteiger partial charge >= 0.3 is 0 Å². The Balaban J connectivity index is 2.25. The maximum absolute atomic E-state index is 13.2. The van der Waals surface area contributed by atoms with Crippen molar-refractivity contribution >= 4 is 17.3 Å². The molecule has 19 heavy (non-hydrogen) atoms. The SMILES string of the molecule is Cc1ccc(C(=O)Nc2cc(N)cc(F)c2)c(C)n1. The Bertz CT molecular complexity index is 620. The molecule has 0 spiro atoms. The lowest BCUT2D eigenvalue weighted by atomic mass is 10.1. The van der Waals surface area contributed by atoms with Crippen molar-refractivity contribution in [1.29, 1.82) is 0 Å². The first kappa shape index (κ1) is 13.0. The highest BCUT2D eigenvalue weighted by Crippen LogP contribution is 2.17. The molecule has 0 saturated carbocycles. The van der Waals surface area contributed by atoms with Crippen LogP contribution >= 0.6 is 0 Å². The van der Waals surface area contributed by atoms with Crippen LogP contribution in [-0.4, -0.2) is 10.9 Å². The van der Waals surface area contributed by atoms with E-state index in [1.807, 2.05) is 6.92 Å². The summed E-state index contributed by atoms with van der Waals surface area (Å²) in [5.41, 5.74) is 8.02. The smallest absolute Gasteiger partial charge is 0.257 e. The Morgan fingerprint density at radius 1 is 1.26 bits per heavy atom. The van der Waals surface area contributed by atoms with E-state index in [0.717, 1.165) is 5.69 Å². The summed E-state index contributed by atoms with van der Waals surface area (Å²) in [6, 6.07) is 7.34. The van der Waals surface area contributed by atoms with Gasteiger partial charge in [0.25, 0.3) is 5.91 Å². The summed E-state index contributed by atoms with van der Waals surface area (Å²) in [6.45, 7) is 3.60. The molecule has 2 rings (SSSR count). The van der Waals surface area contributed by atoms with E-state index < -0.39 is 5.82 Å². The second-order valence-electron chi connectivity index (χ2n) is 4.31. The molecule has 0 saturated heterocycles. The molecule has 0 fully saturated rings. The number of nitrogen functional groups attached to an aromatic ring is 1. The highest BCUT2D eigenvalue weighted by Gasteiger charge is 2.11. The fourth-order valence-corrected chi connectivity index (χ4v) is 1.81. The molecular weight excluding hydrogens is 245 g/mol. The number of hydrogen-bond acceptors (Lipinski definition) is 3. The highest BCUT2D eigenvalue weighted by molar-refractivity contribution is 6.05. The Morgan fingerprint density at radius 3 is 2.63 bits per heavy atom. The normalized spacial score (nSPS) is 10.3. The molecule has 0 aliphatic rings. The first-order valence-corrected chi connectivity index (χ1v) is 5.77. The first-order chi connectivity index (χ1) is 8.95. The van der Waals surface area contributed by atoms with Crippen molar-refractivity contribution in [2.75, 3.05) is 11.1 Å². The summed E-state index contributed by atoms with van der Waals surface area (Å²) in [7, 11) is 0. The van der Waals surface area contributed by atoms with Gasteiger partial charge in [-0.1, -0.05) is 0 Å². The van der Waals surface area contributed by atoms with Crippen LogP contribution < -0.4 is 11.1 Å². The largest absolute Gasteiger partial charge is 0.399 e. The first-order valence-electron chi connectivity index (χ1n) is 5.77. The summed E-state index contributed by atoms with van der Waals surface area (Å²) in [5, 5.41) is 2.60. The molecule has 0 atom stereocenters. The lowest BCUT2D eigenvalue weighted by Gasteiger charge is -2.08. The van der Waals surface area contributed by atoms with Gasteiger partial charge in [0.2, 0.25) is 0 Å². The van der Waals surface area contributed by atoms with Crippen molar-refractivity contribution in [1.82, 2.24) is 4.98 Å². The monoisotopic (exact) mass is 259 g/mol. The lowest BCUT2D eigenvalue weighted by molar-refractivity contribution is 0.102. The minimum atomic E-state index is -0.492. The minimum Gasteiger partial charge on any atom is -0.399 e. The van der Waals surface area contributed by atoms with Crippen LogP contribution in [0.15, 0.2) is 30.3 Å². The van der Waals surface area contributed by atoms with Crippen molar-refractivity contribution < 1.29 is 9.18 Å². The minimum absolute atomic E-state index is 0.258. The molecule has 0 bridgehead atoms. The zero-order chi connectivity index (χ0) is 14.0. The molecule has 5 heteroatoms. The number of benzene rings is 1. The standard InChI is InChI=1S/C14H14FN3O/c1-8-3-4-13(9(2)17-8)14(19)18-12-6-10(15)5-11(16)7-12/h3-7H,16H2,1-2H3,(H,18,19). The number of aryl methyl sites for hydroxylation is 2. The Morgan fingerprint density at radius 2 is 2.00 bits per heavy atom. The summed E-state index contributed by atoms with van der Waals surface area (Å²) in [4.78, 5) is 16.3. The van der Waals surface area contributed by atoms with E-state index >= 15 is 0 Å². The van der Waals surface area contributed by atoms with Crippen LogP contribution in [0.25, 0.3) is 0 Å². The molecule has 0 radical (unpaired) electrons. The third kappa shape index (κ3) is 3.07. The van der Waals surface area contributed by atoms with E-state index in [4.69, 9.17) is 5.73 Å². The molecule has 4 nitrogen and oxygen atoms in total. The predicted molar refractivity (Wildman–Crippen MR) is 72.5 cm³/mol. The molecule has 0 aliphatic heterocycles. The molecule has 98 valence electrons. The average molecular weight is 259 g/mol. The van der Waals surface area contributed by atoms with Crippen LogP contribution in [0.3, 0.4) is 0 Å². The van der Waals surface area contributed by atoms with E-state index in [9.17, 15) is 9.18 Å². The van der Waals surface area contributed by atoms with Gasteiger partial charge in [-0.05, 0) is 44.2 Å². The fraction of sp³-hybridized carbons (Fsp3) is 0.143. The van der Waals surface area contributed by atoms with E-state index in [-0.39, 0.29) is 11.6 Å². The van der Waals surface area contributed by atoms with Gasteiger partial charge in [-0.15, -0.1) is 0 Å². The van der Waals surface area contributed by atoms with Crippen molar-refractivity contribution in [2.24, 2.45) is 0 Å². The van der Waals surface area contributed by atoms with E-state index in [0.29, 0.717) is 16.9 Å². The van der Waals surface area contributed by atoms with E-state index in [2.05, 4.69) is 10.3 Å². The van der Waals surface area contributed by atoms with Gasteiger partial charge in [0.05, 0.1) is 11.3 Å². The summed E-state index contributed by atoms with van der Waals surface area (Å²) in [6.07, 6.45) is 0. The van der Waals surface area contributed by atoms with Crippen molar-refractivity contribution in [3.05, 3.63) is 53.1 Å². The zero-order valence-electron chi connectivity index (χ0n) is 10.7. The van der Waals surface area contributed by atoms with Gasteiger partial charge in [0, 0.05) is 17.1 Å². The number of rotatable bonds is 2. The lowest BCUT2D eigenvalue weighted by Crippen LogP contribution is -2.14. The van der Waals surface area contributed by atoms with Crippen molar-refractivity contribution in [3.8, 4) is 0 Å². The molecule has 1 aromatic heterocycles. The van der Waals surface area contributed by atoms with Gasteiger partial charge in [-0.3, -0.25) is 9.78 Å². The van der Waals surface area contributed by atoms with Gasteiger partial charge in [0.1, 0.15) is 5.82 Å². The van der Waals surface area contributed by atoms with Crippen LogP contribution in [0.4, 0.5) is 15.8 Å². The number of nitrogens with one attached hydrogen (secondary N) is 1. The van der Waals surface area contributed by atoms with Gasteiger partial charge in [-0.25, -0.2) is 4.39 Å². The van der Waals surface area contributed by atoms with Gasteiger partial charge in [0.15, 0.2) is 0 Å². The van der Waals surface area contributed by atoms with Gasteiger partial charge in [-0.2, -0.15) is 0 Å². The Hall–Kier alpha value is -2.43. The Labute approximate surface area is 110 Å². The van der Waals surface area contributed by atoms with Gasteiger partial charge < -0.3 is 11.1 Å². The molecule has 3 N–H and O–H groups in total. The molecule has 2 aromatic rings. The van der Waals surface area contributed by atoms with Crippen LogP contribution in [-0.2, 0) is 0 Å². The number of pyridine rings is 1. The number of aromatic nitrogens is 1. The number of carbonyl (C=O) groups is 1. The zero-order valence-corrected chi connectivity index (χ0v) is 10.7. The number of nitrogens with zero attached hydrogens (tertiary/aromatic N) is 1. The van der Waals surface area contributed by atoms with Crippen molar-refractivity contribution in [2.45, 2.75) is 13.8 Å². The van der Waals surface area contributed by atoms with E-state index in [1.54, 1.807) is 19.1 Å². The predicted octanol–water partition coefficient (Wildman–Crippen LogP) is 2.67. The van der Waals surface area contributed by atoms with Crippen molar-refractivity contribution in [3.63, 3.8) is 0 Å². The number of nitrogens with two attached hydrogens (primary N) is 1. The van der Waals surface area contributed by atoms with Crippen LogP contribution in [0.2, 0.25) is 0 Å². The highest BCUT2D eigenvalue weighted by atomic mass is 19.1. The van der Waals surface area contributed by atoms with E-state index in [1.165, 1.54) is 18.2 Å².